The van der Waals surface area contributed by atoms with Crippen molar-refractivity contribution >= 4 is 23.2 Å². The molecule has 11 heavy (non-hydrogen) atoms. The van der Waals surface area contributed by atoms with Crippen LogP contribution in [0.1, 0.15) is 10.5 Å². The molecule has 1 aromatic rings. The van der Waals surface area contributed by atoms with Gasteiger partial charge < -0.3 is 4.74 Å². The number of halogens is 2. The molecule has 0 aliphatic rings. The van der Waals surface area contributed by atoms with Crippen LogP contribution in [0.25, 0.3) is 0 Å². The smallest absolute Gasteiger partial charge is 0.213 e. The quantitative estimate of drug-likeness (QED) is 0.671. The van der Waals surface area contributed by atoms with Crippen LogP contribution >= 0.6 is 23.2 Å². The van der Waals surface area contributed by atoms with Crippen LogP contribution in [-0.4, -0.2) is 12.1 Å². The summed E-state index contributed by atoms with van der Waals surface area (Å²) in [6.07, 6.45) is 0. The highest BCUT2D eigenvalue weighted by atomic mass is 35.5. The normalized spacial score (nSPS) is 10.2. The van der Waals surface area contributed by atoms with Gasteiger partial charge in [-0.25, -0.2) is 4.98 Å². The van der Waals surface area contributed by atoms with Gasteiger partial charge in [-0.1, -0.05) is 29.3 Å². The maximum absolute atomic E-state index is 5.58. The molecule has 2 nitrogen and oxygen atoms in total. The highest BCUT2D eigenvalue weighted by Gasteiger charge is 2.04. The number of hydrogen-bond donors (Lipinski definition) is 0. The third kappa shape index (κ3) is 2.24. The Hall–Kier alpha value is -0.470. The minimum absolute atomic E-state index is 0.522. The summed E-state index contributed by atoms with van der Waals surface area (Å²) in [4.78, 5) is 3.41. The summed E-state index contributed by atoms with van der Waals surface area (Å²) in [5.74, 6) is 0.522. The van der Waals surface area contributed by atoms with Crippen molar-refractivity contribution in [2.45, 2.75) is 4.84 Å². The fourth-order valence-electron chi connectivity index (χ4n) is 0.666. The maximum Gasteiger partial charge on any atom is 0.213 e. The fourth-order valence-corrected chi connectivity index (χ4v) is 0.909. The van der Waals surface area contributed by atoms with E-state index in [1.54, 1.807) is 25.3 Å². The first-order valence-corrected chi connectivity index (χ1v) is 3.90. The molecule has 0 saturated carbocycles. The van der Waals surface area contributed by atoms with Crippen LogP contribution in [0.15, 0.2) is 18.2 Å². The van der Waals surface area contributed by atoms with Crippen molar-refractivity contribution < 1.29 is 4.74 Å². The van der Waals surface area contributed by atoms with Gasteiger partial charge in [-0.3, -0.25) is 0 Å². The first kappa shape index (κ1) is 8.62. The van der Waals surface area contributed by atoms with Crippen LogP contribution in [0.5, 0.6) is 5.88 Å². The van der Waals surface area contributed by atoms with Gasteiger partial charge in [-0.15, -0.1) is 0 Å². The zero-order valence-corrected chi connectivity index (χ0v) is 7.43. The second-order valence-electron chi connectivity index (χ2n) is 1.91. The second-order valence-corrected chi connectivity index (χ2v) is 3.00. The van der Waals surface area contributed by atoms with Crippen LogP contribution < -0.4 is 4.74 Å². The van der Waals surface area contributed by atoms with Crippen molar-refractivity contribution in [2.24, 2.45) is 0 Å². The number of ether oxygens (including phenoxy) is 1. The number of methoxy groups -OCH3 is 1. The number of nitrogens with zero attached hydrogens (tertiary/aromatic N) is 1. The predicted octanol–water partition coefficient (Wildman–Crippen LogP) is 2.57. The van der Waals surface area contributed by atoms with Crippen LogP contribution in [-0.2, 0) is 0 Å². The minimum atomic E-state index is -0.592. The Balaban J connectivity index is 2.91. The van der Waals surface area contributed by atoms with Gasteiger partial charge in [-0.2, -0.15) is 0 Å². The minimum Gasteiger partial charge on any atom is -0.481 e. The van der Waals surface area contributed by atoms with E-state index in [-0.39, 0.29) is 0 Å². The van der Waals surface area contributed by atoms with Gasteiger partial charge in [0, 0.05) is 6.07 Å². The number of pyridine rings is 1. The van der Waals surface area contributed by atoms with Crippen molar-refractivity contribution in [1.82, 2.24) is 4.98 Å². The van der Waals surface area contributed by atoms with E-state index in [0.29, 0.717) is 11.6 Å². The van der Waals surface area contributed by atoms with Crippen LogP contribution in [0, 0.1) is 0 Å². The lowest BCUT2D eigenvalue weighted by molar-refractivity contribution is 0.396. The van der Waals surface area contributed by atoms with E-state index >= 15 is 0 Å². The zero-order valence-electron chi connectivity index (χ0n) is 5.92. The van der Waals surface area contributed by atoms with E-state index in [9.17, 15) is 0 Å². The number of hydrogen-bond acceptors (Lipinski definition) is 2. The van der Waals surface area contributed by atoms with Crippen LogP contribution in [0.3, 0.4) is 0 Å². The third-order valence-corrected chi connectivity index (χ3v) is 1.62. The first-order valence-electron chi connectivity index (χ1n) is 3.03. The molecule has 0 aliphatic carbocycles. The molecule has 0 spiro atoms. The molecule has 0 fully saturated rings. The molecule has 0 radical (unpaired) electrons. The van der Waals surface area contributed by atoms with Gasteiger partial charge in [0.25, 0.3) is 0 Å². The Bertz CT molecular complexity index is 240. The average molecular weight is 192 g/mol. The van der Waals surface area contributed by atoms with E-state index in [0.717, 1.165) is 0 Å². The van der Waals surface area contributed by atoms with Crippen LogP contribution in [0.2, 0.25) is 0 Å². The van der Waals surface area contributed by atoms with Crippen LogP contribution in [0.4, 0.5) is 0 Å². The second kappa shape index (κ2) is 3.79. The fraction of sp³-hybridized carbons (Fsp3) is 0.286. The van der Waals surface area contributed by atoms with Crippen molar-refractivity contribution in [3.8, 4) is 5.88 Å². The summed E-state index contributed by atoms with van der Waals surface area (Å²) in [6, 6.07) is 5.27. The molecule has 0 N–H and O–H groups in total. The standard InChI is InChI=1S/C7H7Cl2NO/c1-11-6-4-2-3-5(10-6)7(8)9/h2-4,7H,1H3. The van der Waals surface area contributed by atoms with Gasteiger partial charge in [-0.05, 0) is 6.07 Å². The molecule has 4 heteroatoms. The molecular formula is C7H7Cl2NO. The highest BCUT2D eigenvalue weighted by Crippen LogP contribution is 2.23. The van der Waals surface area contributed by atoms with E-state index in [2.05, 4.69) is 4.98 Å². The summed E-state index contributed by atoms with van der Waals surface area (Å²) in [5, 5.41) is 0. The predicted molar refractivity (Wildman–Crippen MR) is 45.2 cm³/mol. The Morgan fingerprint density at radius 1 is 1.45 bits per heavy atom. The average Bonchev–Trinajstić information content (AvgIpc) is 2.05. The molecule has 0 aliphatic heterocycles. The summed E-state index contributed by atoms with van der Waals surface area (Å²) in [5.41, 5.74) is 0.604. The number of rotatable bonds is 2. The molecule has 0 bridgehead atoms. The largest absolute Gasteiger partial charge is 0.481 e. The molecular weight excluding hydrogens is 185 g/mol. The van der Waals surface area contributed by atoms with E-state index < -0.39 is 4.84 Å². The molecule has 1 aromatic heterocycles. The molecule has 0 saturated heterocycles. The Labute approximate surface area is 75.1 Å². The van der Waals surface area contributed by atoms with Crippen molar-refractivity contribution in [1.29, 1.82) is 0 Å². The zero-order chi connectivity index (χ0) is 8.27. The summed E-state index contributed by atoms with van der Waals surface area (Å²) in [6.45, 7) is 0. The SMILES string of the molecule is COc1cccc(C(Cl)Cl)n1. The molecule has 0 amide bonds. The number of alkyl halides is 2. The Morgan fingerprint density at radius 3 is 2.73 bits per heavy atom. The van der Waals surface area contributed by atoms with Crippen molar-refractivity contribution in [2.75, 3.05) is 7.11 Å². The lowest BCUT2D eigenvalue weighted by atomic mass is 10.4. The van der Waals surface area contributed by atoms with Gasteiger partial charge in [0.1, 0.15) is 4.84 Å². The molecule has 60 valence electrons. The van der Waals surface area contributed by atoms with E-state index in [1.165, 1.54) is 0 Å². The summed E-state index contributed by atoms with van der Waals surface area (Å²) in [7, 11) is 1.55. The lowest BCUT2D eigenvalue weighted by Crippen LogP contribution is -1.91. The van der Waals surface area contributed by atoms with Crippen molar-refractivity contribution in [3.63, 3.8) is 0 Å². The topological polar surface area (TPSA) is 22.1 Å². The highest BCUT2D eigenvalue weighted by molar-refractivity contribution is 6.43. The molecule has 1 rings (SSSR count). The lowest BCUT2D eigenvalue weighted by Gasteiger charge is -2.02. The van der Waals surface area contributed by atoms with Gasteiger partial charge >= 0.3 is 0 Å². The Kier molecular flexibility index (Phi) is 2.97. The summed E-state index contributed by atoms with van der Waals surface area (Å²) >= 11 is 11.2. The Morgan fingerprint density at radius 2 is 2.18 bits per heavy atom. The van der Waals surface area contributed by atoms with Gasteiger partial charge in [0.05, 0.1) is 12.8 Å². The number of aromatic nitrogens is 1. The molecule has 0 atom stereocenters. The molecule has 1 heterocycles. The maximum atomic E-state index is 5.58. The third-order valence-electron chi connectivity index (χ3n) is 1.18. The first-order chi connectivity index (χ1) is 5.24. The molecule has 0 unspecified atom stereocenters. The van der Waals surface area contributed by atoms with E-state index in [4.69, 9.17) is 27.9 Å². The van der Waals surface area contributed by atoms with Crippen molar-refractivity contribution in [3.05, 3.63) is 23.9 Å². The van der Waals surface area contributed by atoms with Gasteiger partial charge in [0.15, 0.2) is 0 Å². The molecule has 0 aromatic carbocycles. The van der Waals surface area contributed by atoms with E-state index in [1.807, 2.05) is 0 Å². The van der Waals surface area contributed by atoms with Gasteiger partial charge in [0.2, 0.25) is 5.88 Å². The summed E-state index contributed by atoms with van der Waals surface area (Å²) < 4.78 is 4.88. The monoisotopic (exact) mass is 191 g/mol.